The summed E-state index contributed by atoms with van der Waals surface area (Å²) in [7, 11) is 0. The molecule has 1 saturated heterocycles. The molecule has 1 saturated carbocycles. The fourth-order valence-corrected chi connectivity index (χ4v) is 3.84. The number of ketones is 1. The summed E-state index contributed by atoms with van der Waals surface area (Å²) in [6.45, 7) is -3.29. The number of nitrogens with zero attached hydrogens (tertiary/aromatic N) is 5. The van der Waals surface area contributed by atoms with Gasteiger partial charge in [-0.2, -0.15) is 4.98 Å². The minimum absolute atomic E-state index is 0.157. The van der Waals surface area contributed by atoms with Crippen LogP contribution in [0.15, 0.2) is 18.2 Å². The van der Waals surface area contributed by atoms with Gasteiger partial charge in [0, 0.05) is 64.4 Å². The van der Waals surface area contributed by atoms with Crippen LogP contribution >= 0.6 is 0 Å². The monoisotopic (exact) mass is 525 g/mol. The molecule has 0 N–H and O–H groups in total. The Morgan fingerprint density at radius 3 is 2.59 bits per heavy atom. The van der Waals surface area contributed by atoms with E-state index in [4.69, 9.17) is 28.0 Å². The number of ether oxygens (including phenoxy) is 1. The Morgan fingerprint density at radius 2 is 1.95 bits per heavy atom. The third-order valence-electron chi connectivity index (χ3n) is 5.69. The standard InChI is InChI=1S/C29H37N5O3/c1-5-22-14-20(15-23(6-2)31-22)11-12-29(21-9-7-8-10-21)17-25(35)24(27(36)37-29)16-26-32-28-30-18(3)13-19(4)34(28)33-26/h13-15,21,24H,5-12,16-17H2,1-4H3/t24?,29-/m1/s1/i3D3,4D3,7D2,8D2,9D2,10D2,11D2,12D2,13D,16D2,21D. The summed E-state index contributed by atoms with van der Waals surface area (Å²) < 4.78 is 194. The van der Waals surface area contributed by atoms with Crippen LogP contribution in [-0.4, -0.2) is 41.9 Å². The first-order valence-corrected chi connectivity index (χ1v) is 11.4. The van der Waals surface area contributed by atoms with Gasteiger partial charge in [-0.25, -0.2) is 9.50 Å². The van der Waals surface area contributed by atoms with Gasteiger partial charge in [-0.05, 0) is 81.7 Å². The number of rotatable bonds is 8. The zero-order chi connectivity index (χ0) is 45.5. The van der Waals surface area contributed by atoms with Gasteiger partial charge < -0.3 is 4.74 Å². The third-order valence-corrected chi connectivity index (χ3v) is 5.69. The van der Waals surface area contributed by atoms with E-state index in [-0.39, 0.29) is 28.7 Å². The molecule has 0 amide bonds. The number of aryl methyl sites for hydroxylation is 5. The largest absolute Gasteiger partial charge is 0.458 e. The Bertz CT molecular complexity index is 2160. The number of carbonyl (C=O) groups excluding carboxylic acids is 2. The maximum absolute atomic E-state index is 14.4. The minimum atomic E-state index is -4.41. The van der Waals surface area contributed by atoms with Crippen LogP contribution in [0, 0.1) is 25.5 Å². The van der Waals surface area contributed by atoms with Crippen molar-refractivity contribution < 1.29 is 44.5 Å². The van der Waals surface area contributed by atoms with Crippen LogP contribution in [0.25, 0.3) is 5.78 Å². The van der Waals surface area contributed by atoms with Crippen molar-refractivity contribution in [1.29, 1.82) is 0 Å². The first-order valence-electron chi connectivity index (χ1n) is 22.4. The number of aromatic nitrogens is 5. The van der Waals surface area contributed by atoms with E-state index in [1.165, 1.54) is 0 Å². The average molecular weight is 526 g/mol. The van der Waals surface area contributed by atoms with E-state index in [0.717, 1.165) is 12.1 Å². The molecule has 2 fully saturated rings. The molecular weight excluding hydrogens is 466 g/mol. The van der Waals surface area contributed by atoms with Crippen molar-refractivity contribution in [2.45, 2.75) is 97.0 Å². The normalized spacial score (nSPS) is 39.6. The second-order valence-corrected chi connectivity index (χ2v) is 8.22. The number of hydrogen-bond donors (Lipinski definition) is 0. The summed E-state index contributed by atoms with van der Waals surface area (Å²) in [5.74, 6) is -13.5. The smallest absolute Gasteiger partial charge is 0.317 e. The van der Waals surface area contributed by atoms with Gasteiger partial charge in [0.25, 0.3) is 5.78 Å². The molecule has 0 aromatic carbocycles. The van der Waals surface area contributed by atoms with E-state index >= 15 is 0 Å². The lowest BCUT2D eigenvalue weighted by molar-refractivity contribution is -0.185. The molecule has 1 aliphatic heterocycles. The lowest BCUT2D eigenvalue weighted by Crippen LogP contribution is -2.52. The van der Waals surface area contributed by atoms with Gasteiger partial charge in [-0.3, -0.25) is 14.6 Å². The van der Waals surface area contributed by atoms with Crippen LogP contribution in [0.4, 0.5) is 0 Å². The van der Waals surface area contributed by atoms with Crippen molar-refractivity contribution in [3.8, 4) is 0 Å². The van der Waals surface area contributed by atoms with E-state index in [2.05, 4.69) is 20.1 Å². The molecule has 3 aromatic heterocycles. The van der Waals surface area contributed by atoms with Crippen molar-refractivity contribution in [1.82, 2.24) is 24.6 Å². The number of pyridine rings is 1. The molecule has 1 aliphatic carbocycles. The highest BCUT2D eigenvalue weighted by atomic mass is 16.6. The van der Waals surface area contributed by atoms with E-state index in [1.807, 2.05) is 0 Å². The van der Waals surface area contributed by atoms with E-state index in [1.54, 1.807) is 13.8 Å². The van der Waals surface area contributed by atoms with Crippen molar-refractivity contribution in [2.24, 2.45) is 11.8 Å². The van der Waals surface area contributed by atoms with Gasteiger partial charge in [0.2, 0.25) is 0 Å². The molecule has 0 spiro atoms. The highest BCUT2D eigenvalue weighted by Gasteiger charge is 2.51. The Hall–Kier alpha value is -3.16. The Balaban J connectivity index is 1.80. The summed E-state index contributed by atoms with van der Waals surface area (Å²) >= 11 is 0. The average Bonchev–Trinajstić information content (AvgIpc) is 3.54. The number of Topliss-reactive ketones (excluding diaryl/α,β-unsaturated/α-hetero) is 1. The summed E-state index contributed by atoms with van der Waals surface area (Å²) in [4.78, 5) is 40.4. The van der Waals surface area contributed by atoms with Crippen LogP contribution in [0.2, 0.25) is 0 Å². The zero-order valence-corrected chi connectivity index (χ0v) is 19.8. The zero-order valence-electron chi connectivity index (χ0n) is 41.8. The van der Waals surface area contributed by atoms with Gasteiger partial charge >= 0.3 is 5.97 Å². The predicted octanol–water partition coefficient (Wildman–Crippen LogP) is 4.50. The molecule has 4 heterocycles. The molecular formula is C29H37N5O3. The fourth-order valence-electron chi connectivity index (χ4n) is 3.84. The van der Waals surface area contributed by atoms with E-state index in [0.29, 0.717) is 0 Å². The third kappa shape index (κ3) is 5.15. The maximum Gasteiger partial charge on any atom is 0.317 e. The lowest BCUT2D eigenvalue weighted by Gasteiger charge is -2.43. The van der Waals surface area contributed by atoms with Crippen LogP contribution in [0.5, 0.6) is 0 Å². The Labute approximate surface area is 249 Å². The van der Waals surface area contributed by atoms with E-state index < -0.39 is 128 Å². The molecule has 1 unspecified atom stereocenters. The number of carbonyl (C=O) groups is 2. The first-order chi connectivity index (χ1) is 26.3. The summed E-state index contributed by atoms with van der Waals surface area (Å²) in [6.07, 6.45) is -29.8. The first kappa shape index (κ1) is 10.2. The van der Waals surface area contributed by atoms with Crippen LogP contribution in [-0.2, 0) is 39.9 Å². The second kappa shape index (κ2) is 10.3. The topological polar surface area (TPSA) is 99.3 Å². The maximum atomic E-state index is 14.4. The molecule has 5 rings (SSSR count). The van der Waals surface area contributed by atoms with Gasteiger partial charge in [-0.15, -0.1) is 5.10 Å². The van der Waals surface area contributed by atoms with Crippen LogP contribution < -0.4 is 0 Å². The molecule has 0 bridgehead atoms. The SMILES string of the molecule is [2H]c1c(C([2H])([2H])[2H])nc2nc(C([2H])([2H])C3C(=O)C[C@](C([2H])([2H])C([2H])([2H])c4cc(CC)nc(CC)c4)(C4([2H])C([2H])([2H])C([2H])([2H])C([2H])([2H])C4([2H])[2H])OC3=O)nn2c1C([2H])([2H])[2H]. The summed E-state index contributed by atoms with van der Waals surface area (Å²) in [6, 6.07) is 0.987. The van der Waals surface area contributed by atoms with Crippen molar-refractivity contribution in [2.75, 3.05) is 0 Å². The molecule has 2 aliphatic rings. The summed E-state index contributed by atoms with van der Waals surface area (Å²) in [5.41, 5.74) is -6.58. The predicted molar refractivity (Wildman–Crippen MR) is 139 cm³/mol. The van der Waals surface area contributed by atoms with Gasteiger partial charge in [0.15, 0.2) is 11.6 Å². The summed E-state index contributed by atoms with van der Waals surface area (Å²) in [5, 5.41) is 3.70. The fraction of sp³-hybridized carbons (Fsp3) is 0.586. The van der Waals surface area contributed by atoms with Crippen molar-refractivity contribution >= 4 is 17.5 Å². The van der Waals surface area contributed by atoms with Crippen molar-refractivity contribution in [3.63, 3.8) is 0 Å². The number of hydrogen-bond acceptors (Lipinski definition) is 7. The van der Waals surface area contributed by atoms with Gasteiger partial charge in [0.05, 0.1) is 1.37 Å². The molecule has 8 heteroatoms. The van der Waals surface area contributed by atoms with Crippen LogP contribution in [0.1, 0.15) is 116 Å². The highest BCUT2D eigenvalue weighted by molar-refractivity contribution is 6.01. The van der Waals surface area contributed by atoms with E-state index in [9.17, 15) is 16.4 Å². The second-order valence-electron chi connectivity index (χ2n) is 8.22. The van der Waals surface area contributed by atoms with Crippen LogP contribution in [0.3, 0.4) is 0 Å². The highest BCUT2D eigenvalue weighted by Crippen LogP contribution is 2.45. The molecule has 8 nitrogen and oxygen atoms in total. The molecule has 37 heavy (non-hydrogen) atoms. The number of esters is 1. The van der Waals surface area contributed by atoms with Gasteiger partial charge in [0.1, 0.15) is 11.5 Å². The molecule has 0 radical (unpaired) electrons. The van der Waals surface area contributed by atoms with Gasteiger partial charge in [-0.1, -0.05) is 26.6 Å². The Morgan fingerprint density at radius 1 is 1.19 bits per heavy atom. The number of cyclic esters (lactones) is 1. The molecule has 196 valence electrons. The minimum Gasteiger partial charge on any atom is -0.458 e. The molecule has 2 atom stereocenters. The van der Waals surface area contributed by atoms with Crippen molar-refractivity contribution in [3.05, 3.63) is 52.3 Å². The number of fused-ring (bicyclic) bond motifs is 1. The quantitative estimate of drug-likeness (QED) is 0.315. The Kier molecular flexibility index (Phi) is 2.84. The molecule has 3 aromatic rings. The lowest BCUT2D eigenvalue weighted by atomic mass is 9.73.